The molecule has 0 aromatic heterocycles. The van der Waals surface area contributed by atoms with Gasteiger partial charge in [0.1, 0.15) is 11.5 Å². The van der Waals surface area contributed by atoms with Gasteiger partial charge in [-0.05, 0) is 24.5 Å². The molecule has 26 heavy (non-hydrogen) atoms. The number of carbonyl (C=O) groups is 2. The molecule has 0 aliphatic rings. The van der Waals surface area contributed by atoms with Gasteiger partial charge in [0.2, 0.25) is 5.91 Å². The first-order chi connectivity index (χ1) is 12.2. The molecule has 6 N–H and O–H groups in total. The molecular formula is C18H27N5O3. The normalized spacial score (nSPS) is 12.8. The average Bonchev–Trinajstić information content (AvgIpc) is 2.58. The fraction of sp³-hybridized carbons (Fsp3) is 0.389. The first-order valence-corrected chi connectivity index (χ1v) is 8.20. The Morgan fingerprint density at radius 1 is 1.19 bits per heavy atom. The van der Waals surface area contributed by atoms with Crippen molar-refractivity contribution in [1.29, 1.82) is 0 Å². The van der Waals surface area contributed by atoms with Crippen LogP contribution in [0.3, 0.4) is 0 Å². The van der Waals surface area contributed by atoms with E-state index in [1.807, 2.05) is 19.9 Å². The van der Waals surface area contributed by atoms with Crippen LogP contribution >= 0.6 is 0 Å². The maximum Gasteiger partial charge on any atom is 0.273 e. The molecule has 0 aliphatic heterocycles. The average molecular weight is 361 g/mol. The highest BCUT2D eigenvalue weighted by Crippen LogP contribution is 2.25. The van der Waals surface area contributed by atoms with Gasteiger partial charge in [0.15, 0.2) is 0 Å². The molecule has 8 nitrogen and oxygen atoms in total. The first-order valence-electron chi connectivity index (χ1n) is 8.20. The molecule has 0 heterocycles. The molecule has 2 amide bonds. The minimum atomic E-state index is -0.533. The Hall–Kier alpha value is -3.03. The van der Waals surface area contributed by atoms with E-state index in [2.05, 4.69) is 21.1 Å². The summed E-state index contributed by atoms with van der Waals surface area (Å²) in [5.41, 5.74) is 6.29. The second-order valence-electron chi connectivity index (χ2n) is 6.73. The van der Waals surface area contributed by atoms with E-state index >= 15 is 0 Å². The van der Waals surface area contributed by atoms with Gasteiger partial charge in [-0.15, -0.1) is 0 Å². The number of anilines is 1. The zero-order valence-corrected chi connectivity index (χ0v) is 15.6. The molecule has 1 aromatic rings. The quantitative estimate of drug-likeness (QED) is 0.158. The fourth-order valence-corrected chi connectivity index (χ4v) is 2.37. The van der Waals surface area contributed by atoms with Gasteiger partial charge in [0.25, 0.3) is 5.91 Å². The van der Waals surface area contributed by atoms with E-state index in [1.54, 1.807) is 38.2 Å². The smallest absolute Gasteiger partial charge is 0.273 e. The number of amides is 2. The van der Waals surface area contributed by atoms with E-state index in [0.29, 0.717) is 11.4 Å². The number of nitrogens with two attached hydrogens (primary N) is 1. The lowest BCUT2D eigenvalue weighted by molar-refractivity contribution is -0.124. The maximum atomic E-state index is 12.5. The summed E-state index contributed by atoms with van der Waals surface area (Å²) in [6.07, 6.45) is 0.347. The van der Waals surface area contributed by atoms with Crippen LogP contribution in [0.15, 0.2) is 46.9 Å². The fourth-order valence-electron chi connectivity index (χ4n) is 2.37. The lowest BCUT2D eigenvalue weighted by Crippen LogP contribution is -2.36. The summed E-state index contributed by atoms with van der Waals surface area (Å²) in [4.78, 5) is 25.0. The van der Waals surface area contributed by atoms with E-state index in [1.165, 1.54) is 0 Å². The molecule has 0 bridgehead atoms. The van der Waals surface area contributed by atoms with Gasteiger partial charge in [0.05, 0.1) is 0 Å². The van der Waals surface area contributed by atoms with Gasteiger partial charge >= 0.3 is 0 Å². The van der Waals surface area contributed by atoms with Gasteiger partial charge in [0, 0.05) is 31.3 Å². The van der Waals surface area contributed by atoms with Crippen molar-refractivity contribution < 1.29 is 14.8 Å². The Morgan fingerprint density at radius 3 is 2.35 bits per heavy atom. The molecule has 0 atom stereocenters. The molecule has 142 valence electrons. The van der Waals surface area contributed by atoms with E-state index in [0.717, 1.165) is 0 Å². The molecule has 0 saturated carbocycles. The topological polar surface area (TPSA) is 129 Å². The van der Waals surface area contributed by atoms with E-state index in [9.17, 15) is 9.59 Å². The first kappa shape index (κ1) is 21.0. The zero-order valence-electron chi connectivity index (χ0n) is 15.6. The number of hydrogen-bond donors (Lipinski definition) is 5. The number of allylic oxidation sites excluding steroid dienone is 1. The monoisotopic (exact) mass is 361 g/mol. The second kappa shape index (κ2) is 9.45. The number of benzene rings is 1. The van der Waals surface area contributed by atoms with Crippen LogP contribution < -0.4 is 21.7 Å². The van der Waals surface area contributed by atoms with Crippen LogP contribution in [0.5, 0.6) is 0 Å². The van der Waals surface area contributed by atoms with E-state index in [-0.39, 0.29) is 30.3 Å². The van der Waals surface area contributed by atoms with Crippen LogP contribution in [0.4, 0.5) is 5.69 Å². The standard InChI is InChI=1S/C18H27N5O3/c1-12(20-4)16(17(25)21-13-8-6-5-7-9-13)22-15(24)11-18(2,3)10-14(19)23-26/h5-9,20,26H,10-11H2,1-4H3,(H2,19,23)(H,21,25)(H,22,24)/b16-12+. The van der Waals surface area contributed by atoms with Crippen molar-refractivity contribution in [3.8, 4) is 0 Å². The Kier molecular flexibility index (Phi) is 7.64. The lowest BCUT2D eigenvalue weighted by Gasteiger charge is -2.23. The molecule has 0 aliphatic carbocycles. The zero-order chi connectivity index (χ0) is 19.7. The van der Waals surface area contributed by atoms with Crippen LogP contribution in [-0.2, 0) is 9.59 Å². The summed E-state index contributed by atoms with van der Waals surface area (Å²) in [6.45, 7) is 5.34. The van der Waals surface area contributed by atoms with Crippen molar-refractivity contribution in [2.45, 2.75) is 33.6 Å². The van der Waals surface area contributed by atoms with Crippen LogP contribution in [0.25, 0.3) is 0 Å². The van der Waals surface area contributed by atoms with Gasteiger partial charge in [-0.3, -0.25) is 9.59 Å². The molecular weight excluding hydrogens is 334 g/mol. The molecule has 8 heteroatoms. The summed E-state index contributed by atoms with van der Waals surface area (Å²) >= 11 is 0. The molecule has 0 fully saturated rings. The van der Waals surface area contributed by atoms with Crippen LogP contribution in [-0.4, -0.2) is 29.9 Å². The van der Waals surface area contributed by atoms with Crippen molar-refractivity contribution >= 4 is 23.3 Å². The number of oxime groups is 1. The van der Waals surface area contributed by atoms with E-state index in [4.69, 9.17) is 10.9 Å². The summed E-state index contributed by atoms with van der Waals surface area (Å²) in [5, 5.41) is 19.9. The molecule has 0 spiro atoms. The molecule has 1 aromatic carbocycles. The predicted molar refractivity (Wildman–Crippen MR) is 101 cm³/mol. The lowest BCUT2D eigenvalue weighted by atomic mass is 9.85. The Balaban J connectivity index is 2.85. The summed E-state index contributed by atoms with van der Waals surface area (Å²) in [6, 6.07) is 8.96. The number of nitrogens with zero attached hydrogens (tertiary/aromatic N) is 1. The van der Waals surface area contributed by atoms with Crippen molar-refractivity contribution in [3.05, 3.63) is 41.7 Å². The van der Waals surface area contributed by atoms with Crippen LogP contribution in [0.1, 0.15) is 33.6 Å². The number of rotatable bonds is 8. The third-order valence-electron chi connectivity index (χ3n) is 3.70. The minimum absolute atomic E-state index is 0.0480. The third kappa shape index (κ3) is 6.84. The van der Waals surface area contributed by atoms with Crippen molar-refractivity contribution in [2.24, 2.45) is 16.3 Å². The van der Waals surface area contributed by atoms with Crippen molar-refractivity contribution in [2.75, 3.05) is 12.4 Å². The van der Waals surface area contributed by atoms with Gasteiger partial charge in [-0.25, -0.2) is 0 Å². The number of nitrogens with one attached hydrogen (secondary N) is 3. The molecule has 0 radical (unpaired) electrons. The number of amidine groups is 1. The van der Waals surface area contributed by atoms with Gasteiger partial charge in [-0.1, -0.05) is 37.2 Å². The Bertz CT molecular complexity index is 696. The number of hydrogen-bond acceptors (Lipinski definition) is 5. The van der Waals surface area contributed by atoms with Crippen LogP contribution in [0.2, 0.25) is 0 Å². The van der Waals surface area contributed by atoms with Crippen molar-refractivity contribution in [1.82, 2.24) is 10.6 Å². The Morgan fingerprint density at radius 2 is 1.81 bits per heavy atom. The van der Waals surface area contributed by atoms with Crippen LogP contribution in [0, 0.1) is 5.41 Å². The predicted octanol–water partition coefficient (Wildman–Crippen LogP) is 1.75. The van der Waals surface area contributed by atoms with Crippen molar-refractivity contribution in [3.63, 3.8) is 0 Å². The molecule has 0 saturated heterocycles. The van der Waals surface area contributed by atoms with Gasteiger partial charge < -0.3 is 26.9 Å². The molecule has 0 unspecified atom stereocenters. The van der Waals surface area contributed by atoms with Gasteiger partial charge in [-0.2, -0.15) is 0 Å². The number of para-hydroxylation sites is 1. The summed E-state index contributed by atoms with van der Waals surface area (Å²) in [7, 11) is 1.67. The second-order valence-corrected chi connectivity index (χ2v) is 6.73. The van der Waals surface area contributed by atoms with E-state index < -0.39 is 11.3 Å². The third-order valence-corrected chi connectivity index (χ3v) is 3.70. The largest absolute Gasteiger partial charge is 0.409 e. The Labute approximate surface area is 153 Å². The molecule has 1 rings (SSSR count). The SMILES string of the molecule is CN/C(C)=C(/NC(=O)CC(C)(C)C/C(N)=N/O)C(=O)Nc1ccccc1. The highest BCUT2D eigenvalue weighted by Gasteiger charge is 2.25. The highest BCUT2D eigenvalue weighted by molar-refractivity contribution is 6.06. The summed E-state index contributed by atoms with van der Waals surface area (Å²) in [5.74, 6) is -0.717. The minimum Gasteiger partial charge on any atom is -0.409 e. The highest BCUT2D eigenvalue weighted by atomic mass is 16.4. The summed E-state index contributed by atoms with van der Waals surface area (Å²) < 4.78 is 0. The number of carbonyl (C=O) groups excluding carboxylic acids is 2. The maximum absolute atomic E-state index is 12.5.